The zero-order chi connectivity index (χ0) is 22.4. The second kappa shape index (κ2) is 9.73. The minimum atomic E-state index is -0.547. The maximum Gasteiger partial charge on any atom is 0.339 e. The van der Waals surface area contributed by atoms with Crippen LogP contribution in [0.25, 0.3) is 11.1 Å². The summed E-state index contributed by atoms with van der Waals surface area (Å²) >= 11 is 0. The molecular weight excluding hydrogens is 388 g/mol. The Balaban J connectivity index is 1.83. The molecule has 5 heteroatoms. The van der Waals surface area contributed by atoms with Gasteiger partial charge in [0.2, 0.25) is 0 Å². The molecule has 0 atom stereocenters. The minimum Gasteiger partial charge on any atom is -0.456 e. The normalized spacial score (nSPS) is 11.4. The molecule has 0 aliphatic carbocycles. The molecular formula is C26H30N2O3. The van der Waals surface area contributed by atoms with E-state index in [9.17, 15) is 9.59 Å². The third-order valence-corrected chi connectivity index (χ3v) is 4.92. The fourth-order valence-corrected chi connectivity index (χ4v) is 3.44. The Morgan fingerprint density at radius 3 is 2.45 bits per heavy atom. The molecule has 5 nitrogen and oxygen atoms in total. The predicted molar refractivity (Wildman–Crippen MR) is 122 cm³/mol. The van der Waals surface area contributed by atoms with E-state index in [0.29, 0.717) is 17.8 Å². The van der Waals surface area contributed by atoms with Gasteiger partial charge in [0.05, 0.1) is 5.56 Å². The largest absolute Gasteiger partial charge is 0.456 e. The molecule has 1 aromatic heterocycles. The van der Waals surface area contributed by atoms with Crippen molar-refractivity contribution in [3.8, 4) is 11.1 Å². The van der Waals surface area contributed by atoms with E-state index in [0.717, 1.165) is 48.1 Å². The van der Waals surface area contributed by atoms with E-state index in [-0.39, 0.29) is 5.97 Å². The zero-order valence-electron chi connectivity index (χ0n) is 18.7. The molecule has 0 aliphatic heterocycles. The Kier molecular flexibility index (Phi) is 7.06. The van der Waals surface area contributed by atoms with E-state index in [4.69, 9.17) is 4.74 Å². The van der Waals surface area contributed by atoms with Crippen molar-refractivity contribution in [1.82, 2.24) is 9.55 Å². The second-order valence-electron chi connectivity index (χ2n) is 8.68. The maximum atomic E-state index is 12.7. The summed E-state index contributed by atoms with van der Waals surface area (Å²) in [6.45, 7) is 8.38. The molecule has 0 radical (unpaired) electrons. The third-order valence-electron chi connectivity index (χ3n) is 4.92. The highest BCUT2D eigenvalue weighted by Crippen LogP contribution is 2.26. The molecule has 0 fully saturated rings. The first-order valence-electron chi connectivity index (χ1n) is 10.7. The number of carbonyl (C=O) groups is 2. The van der Waals surface area contributed by atoms with Crippen LogP contribution in [-0.2, 0) is 17.7 Å². The number of ether oxygens (including phenoxy) is 1. The summed E-state index contributed by atoms with van der Waals surface area (Å²) < 4.78 is 7.61. The van der Waals surface area contributed by atoms with E-state index in [1.165, 1.54) is 0 Å². The Labute approximate surface area is 184 Å². The van der Waals surface area contributed by atoms with Gasteiger partial charge in [-0.2, -0.15) is 0 Å². The molecule has 3 rings (SSSR count). The lowest BCUT2D eigenvalue weighted by atomic mass is 9.98. The molecule has 31 heavy (non-hydrogen) atoms. The van der Waals surface area contributed by atoms with Crippen LogP contribution >= 0.6 is 0 Å². The van der Waals surface area contributed by atoms with Gasteiger partial charge in [-0.1, -0.05) is 55.8 Å². The van der Waals surface area contributed by atoms with Crippen LogP contribution in [0.15, 0.2) is 54.7 Å². The highest BCUT2D eigenvalue weighted by Gasteiger charge is 2.20. The van der Waals surface area contributed by atoms with Crippen LogP contribution in [0, 0.1) is 0 Å². The van der Waals surface area contributed by atoms with Crippen LogP contribution in [0.2, 0.25) is 0 Å². The average molecular weight is 419 g/mol. The minimum absolute atomic E-state index is 0.326. The lowest BCUT2D eigenvalue weighted by molar-refractivity contribution is 0.00704. The van der Waals surface area contributed by atoms with Crippen molar-refractivity contribution in [1.29, 1.82) is 0 Å². The number of hydrogen-bond donors (Lipinski definition) is 0. The summed E-state index contributed by atoms with van der Waals surface area (Å²) in [7, 11) is 0. The Morgan fingerprint density at radius 1 is 1.10 bits per heavy atom. The Bertz CT molecular complexity index is 1040. The van der Waals surface area contributed by atoms with Gasteiger partial charge < -0.3 is 9.30 Å². The van der Waals surface area contributed by atoms with Crippen molar-refractivity contribution in [2.75, 3.05) is 0 Å². The van der Waals surface area contributed by atoms with Crippen molar-refractivity contribution < 1.29 is 14.3 Å². The first-order chi connectivity index (χ1) is 14.8. The number of unbranched alkanes of at least 4 members (excludes halogenated alkanes) is 1. The highest BCUT2D eigenvalue weighted by molar-refractivity contribution is 5.97. The van der Waals surface area contributed by atoms with Crippen molar-refractivity contribution in [3.05, 3.63) is 77.4 Å². The Hall–Kier alpha value is -3.21. The van der Waals surface area contributed by atoms with Crippen LogP contribution in [0.3, 0.4) is 0 Å². The van der Waals surface area contributed by atoms with E-state index < -0.39 is 5.60 Å². The zero-order valence-corrected chi connectivity index (χ0v) is 18.7. The second-order valence-corrected chi connectivity index (χ2v) is 8.68. The lowest BCUT2D eigenvalue weighted by Gasteiger charge is -2.20. The van der Waals surface area contributed by atoms with Gasteiger partial charge in [-0.05, 0) is 49.9 Å². The van der Waals surface area contributed by atoms with E-state index in [1.54, 1.807) is 6.07 Å². The third kappa shape index (κ3) is 5.91. The molecule has 0 saturated carbocycles. The number of rotatable bonds is 8. The summed E-state index contributed by atoms with van der Waals surface area (Å²) in [6, 6.07) is 15.6. The number of nitrogens with zero attached hydrogens (tertiary/aromatic N) is 2. The molecule has 1 heterocycles. The molecule has 0 saturated heterocycles. The van der Waals surface area contributed by atoms with Crippen LogP contribution in [0.4, 0.5) is 0 Å². The average Bonchev–Trinajstić information content (AvgIpc) is 3.13. The van der Waals surface area contributed by atoms with Gasteiger partial charge in [-0.25, -0.2) is 9.78 Å². The van der Waals surface area contributed by atoms with Crippen molar-refractivity contribution >= 4 is 12.3 Å². The maximum absolute atomic E-state index is 12.7. The number of aromatic nitrogens is 2. The highest BCUT2D eigenvalue weighted by atomic mass is 16.6. The Morgan fingerprint density at radius 2 is 1.81 bits per heavy atom. The van der Waals surface area contributed by atoms with Gasteiger partial charge in [0.25, 0.3) is 0 Å². The van der Waals surface area contributed by atoms with Gasteiger partial charge in [0, 0.05) is 19.2 Å². The lowest BCUT2D eigenvalue weighted by Crippen LogP contribution is -2.24. The van der Waals surface area contributed by atoms with Gasteiger partial charge in [-0.3, -0.25) is 4.79 Å². The van der Waals surface area contributed by atoms with Crippen LogP contribution in [0.5, 0.6) is 0 Å². The molecule has 0 amide bonds. The number of aldehydes is 1. The standard InChI is InChI=1S/C26H30N2O3/c1-5-6-11-24-27-21(18-29)17-28(24)16-19-12-14-20(15-13-19)22-9-7-8-10-23(22)25(30)31-26(2,3)4/h7-10,12-15,17-18H,5-6,11,16H2,1-4H3. The van der Waals surface area contributed by atoms with Crippen LogP contribution in [-0.4, -0.2) is 27.4 Å². The van der Waals surface area contributed by atoms with Gasteiger partial charge in [-0.15, -0.1) is 0 Å². The number of imidazole rings is 1. The number of aryl methyl sites for hydroxylation is 1. The number of carbonyl (C=O) groups excluding carboxylic acids is 2. The van der Waals surface area contributed by atoms with E-state index >= 15 is 0 Å². The molecule has 0 aliphatic rings. The monoisotopic (exact) mass is 418 g/mol. The molecule has 2 aromatic carbocycles. The molecule has 0 spiro atoms. The fraction of sp³-hybridized carbons (Fsp3) is 0.346. The van der Waals surface area contributed by atoms with Crippen molar-refractivity contribution in [3.63, 3.8) is 0 Å². The summed E-state index contributed by atoms with van der Waals surface area (Å²) in [5.74, 6) is 0.607. The molecule has 162 valence electrons. The topological polar surface area (TPSA) is 61.2 Å². The van der Waals surface area contributed by atoms with E-state index in [1.807, 2.05) is 74.0 Å². The first kappa shape index (κ1) is 22.5. The molecule has 3 aromatic rings. The van der Waals surface area contributed by atoms with E-state index in [2.05, 4.69) is 11.9 Å². The molecule has 0 unspecified atom stereocenters. The number of benzene rings is 2. The van der Waals surface area contributed by atoms with Crippen molar-refractivity contribution in [2.45, 2.75) is 59.1 Å². The van der Waals surface area contributed by atoms with Gasteiger partial charge in [0.15, 0.2) is 6.29 Å². The smallest absolute Gasteiger partial charge is 0.339 e. The van der Waals surface area contributed by atoms with Gasteiger partial charge >= 0.3 is 5.97 Å². The molecule has 0 bridgehead atoms. The predicted octanol–water partition coefficient (Wildman–Crippen LogP) is 5.71. The fourth-order valence-electron chi connectivity index (χ4n) is 3.44. The summed E-state index contributed by atoms with van der Waals surface area (Å²) in [5, 5.41) is 0. The molecule has 0 N–H and O–H groups in total. The number of hydrogen-bond acceptors (Lipinski definition) is 4. The summed E-state index contributed by atoms with van der Waals surface area (Å²) in [4.78, 5) is 28.2. The summed E-state index contributed by atoms with van der Waals surface area (Å²) in [6.07, 6.45) is 5.57. The first-order valence-corrected chi connectivity index (χ1v) is 10.7. The van der Waals surface area contributed by atoms with Crippen LogP contribution in [0.1, 0.15) is 72.8 Å². The SMILES string of the molecule is CCCCc1nc(C=O)cn1Cc1ccc(-c2ccccc2C(=O)OC(C)(C)C)cc1. The quantitative estimate of drug-likeness (QED) is 0.347. The van der Waals surface area contributed by atoms with Gasteiger partial charge in [0.1, 0.15) is 17.1 Å². The van der Waals surface area contributed by atoms with Crippen LogP contribution < -0.4 is 0 Å². The number of esters is 1. The van der Waals surface area contributed by atoms with Crippen molar-refractivity contribution in [2.24, 2.45) is 0 Å². The summed E-state index contributed by atoms with van der Waals surface area (Å²) in [5.41, 5.74) is 3.38.